The lowest BCUT2D eigenvalue weighted by Crippen LogP contribution is -2.14. The second kappa shape index (κ2) is 10.4. The fourth-order valence-corrected chi connectivity index (χ4v) is 1.69. The van der Waals surface area contributed by atoms with Crippen LogP contribution in [0.3, 0.4) is 0 Å². The highest BCUT2D eigenvalue weighted by molar-refractivity contribution is 5.70. The van der Waals surface area contributed by atoms with E-state index in [2.05, 4.69) is 0 Å². The van der Waals surface area contributed by atoms with E-state index in [1.165, 1.54) is 0 Å². The Morgan fingerprint density at radius 1 is 1.11 bits per heavy atom. The molecule has 0 aliphatic rings. The third-order valence-electron chi connectivity index (χ3n) is 2.68. The van der Waals surface area contributed by atoms with Crippen LogP contribution < -0.4 is 0 Å². The minimum absolute atomic E-state index is 0.0352. The maximum absolute atomic E-state index is 11.0. The van der Waals surface area contributed by atoms with E-state index < -0.39 is 17.9 Å². The van der Waals surface area contributed by atoms with Crippen molar-refractivity contribution in [2.45, 2.75) is 52.4 Å². The number of carboxylic acid groups (broad SMARTS) is 2. The van der Waals surface area contributed by atoms with Crippen LogP contribution in [0.1, 0.15) is 52.4 Å². The zero-order chi connectivity index (χ0) is 14.7. The van der Waals surface area contributed by atoms with E-state index in [1.54, 1.807) is 6.26 Å². The van der Waals surface area contributed by atoms with Crippen molar-refractivity contribution in [2.75, 3.05) is 6.61 Å². The molecule has 0 aromatic rings. The second-order valence-corrected chi connectivity index (χ2v) is 4.88. The molecular weight excluding hydrogens is 248 g/mol. The maximum Gasteiger partial charge on any atom is 0.306 e. The van der Waals surface area contributed by atoms with Gasteiger partial charge >= 0.3 is 11.9 Å². The van der Waals surface area contributed by atoms with Crippen LogP contribution in [0.25, 0.3) is 0 Å². The number of aliphatic carboxylic acids is 2. The van der Waals surface area contributed by atoms with Crippen LogP contribution in [0.5, 0.6) is 0 Å². The summed E-state index contributed by atoms with van der Waals surface area (Å²) in [7, 11) is 0. The molecule has 0 heterocycles. The average molecular weight is 272 g/mol. The van der Waals surface area contributed by atoms with Crippen LogP contribution in [-0.2, 0) is 14.3 Å². The van der Waals surface area contributed by atoms with Crippen molar-refractivity contribution in [3.8, 4) is 0 Å². The molecule has 110 valence electrons. The van der Waals surface area contributed by atoms with Crippen molar-refractivity contribution in [3.05, 3.63) is 11.8 Å². The first kappa shape index (κ1) is 17.5. The largest absolute Gasteiger partial charge is 0.501 e. The summed E-state index contributed by atoms with van der Waals surface area (Å²) in [4.78, 5) is 21.4. The van der Waals surface area contributed by atoms with Crippen LogP contribution in [0.15, 0.2) is 11.8 Å². The van der Waals surface area contributed by atoms with Gasteiger partial charge in [0.25, 0.3) is 0 Å². The van der Waals surface area contributed by atoms with E-state index in [1.807, 2.05) is 13.8 Å². The van der Waals surface area contributed by atoms with Crippen LogP contribution >= 0.6 is 0 Å². The Morgan fingerprint density at radius 3 is 2.26 bits per heavy atom. The molecule has 1 atom stereocenters. The summed E-state index contributed by atoms with van der Waals surface area (Å²) < 4.78 is 5.26. The molecule has 0 aromatic heterocycles. The van der Waals surface area contributed by atoms with Gasteiger partial charge in [-0.25, -0.2) is 0 Å². The Kier molecular flexibility index (Phi) is 9.57. The first-order valence-electron chi connectivity index (χ1n) is 6.63. The normalized spacial score (nSPS) is 11.7. The molecule has 0 rings (SSSR count). The summed E-state index contributed by atoms with van der Waals surface area (Å²) in [6.45, 7) is 4.48. The van der Waals surface area contributed by atoms with Gasteiger partial charge in [-0.2, -0.15) is 0 Å². The molecule has 0 aromatic carbocycles. The molecule has 0 amide bonds. The van der Waals surface area contributed by atoms with Crippen molar-refractivity contribution in [1.82, 2.24) is 0 Å². The minimum atomic E-state index is -0.876. The van der Waals surface area contributed by atoms with Crippen molar-refractivity contribution in [2.24, 2.45) is 5.92 Å². The third-order valence-corrected chi connectivity index (χ3v) is 2.68. The number of carboxylic acids is 2. The maximum atomic E-state index is 11.0. The highest BCUT2D eigenvalue weighted by Crippen LogP contribution is 2.16. The van der Waals surface area contributed by atoms with Crippen molar-refractivity contribution in [3.63, 3.8) is 0 Å². The molecule has 0 radical (unpaired) electrons. The number of rotatable bonds is 11. The summed E-state index contributed by atoms with van der Waals surface area (Å²) in [5.41, 5.74) is 1.09. The van der Waals surface area contributed by atoms with E-state index in [0.717, 1.165) is 18.4 Å². The highest BCUT2D eigenvalue weighted by atomic mass is 16.5. The van der Waals surface area contributed by atoms with Crippen molar-refractivity contribution in [1.29, 1.82) is 0 Å². The Bertz CT molecular complexity index is 305. The number of hydrogen-bond donors (Lipinski definition) is 2. The summed E-state index contributed by atoms with van der Waals surface area (Å²) in [5, 5.41) is 17.5. The Balaban J connectivity index is 3.74. The van der Waals surface area contributed by atoms with Gasteiger partial charge in [-0.05, 0) is 51.5 Å². The lowest BCUT2D eigenvalue weighted by Gasteiger charge is -2.11. The predicted molar refractivity (Wildman–Crippen MR) is 71.8 cm³/mol. The van der Waals surface area contributed by atoms with E-state index in [0.29, 0.717) is 25.9 Å². The molecule has 0 spiro atoms. The fraction of sp³-hybridized carbons (Fsp3) is 0.714. The molecule has 19 heavy (non-hydrogen) atoms. The van der Waals surface area contributed by atoms with Gasteiger partial charge in [0.1, 0.15) is 0 Å². The standard InChI is InChI=1S/C14H24O5/c1-11(2)10-19-9-4-3-6-12(14(17)18)7-5-8-13(15)16/h10,12H,3-9H2,1-2H3,(H,15,16)(H,17,18). The van der Waals surface area contributed by atoms with E-state index >= 15 is 0 Å². The van der Waals surface area contributed by atoms with E-state index in [4.69, 9.17) is 14.9 Å². The van der Waals surface area contributed by atoms with E-state index in [9.17, 15) is 9.59 Å². The Labute approximate surface area is 114 Å². The van der Waals surface area contributed by atoms with Gasteiger partial charge in [0, 0.05) is 6.42 Å². The van der Waals surface area contributed by atoms with Gasteiger partial charge in [0.05, 0.1) is 18.8 Å². The number of ether oxygens (including phenoxy) is 1. The van der Waals surface area contributed by atoms with Crippen LogP contribution in [-0.4, -0.2) is 28.8 Å². The first-order chi connectivity index (χ1) is 8.93. The summed E-state index contributed by atoms with van der Waals surface area (Å²) in [6, 6.07) is 0. The summed E-state index contributed by atoms with van der Waals surface area (Å²) >= 11 is 0. The van der Waals surface area contributed by atoms with E-state index in [-0.39, 0.29) is 6.42 Å². The predicted octanol–water partition coefficient (Wildman–Crippen LogP) is 3.05. The van der Waals surface area contributed by atoms with Crippen molar-refractivity contribution < 1.29 is 24.5 Å². The molecular formula is C14H24O5. The molecule has 0 aliphatic heterocycles. The average Bonchev–Trinajstić information content (AvgIpc) is 2.29. The zero-order valence-corrected chi connectivity index (χ0v) is 11.7. The van der Waals surface area contributed by atoms with Gasteiger partial charge in [-0.3, -0.25) is 9.59 Å². The monoisotopic (exact) mass is 272 g/mol. The lowest BCUT2D eigenvalue weighted by atomic mass is 9.96. The minimum Gasteiger partial charge on any atom is -0.501 e. The smallest absolute Gasteiger partial charge is 0.306 e. The van der Waals surface area contributed by atoms with Gasteiger partial charge < -0.3 is 14.9 Å². The fourth-order valence-electron chi connectivity index (χ4n) is 1.69. The Morgan fingerprint density at radius 2 is 1.74 bits per heavy atom. The highest BCUT2D eigenvalue weighted by Gasteiger charge is 2.16. The molecule has 1 unspecified atom stereocenters. The molecule has 0 saturated heterocycles. The van der Waals surface area contributed by atoms with Gasteiger partial charge in [0.15, 0.2) is 0 Å². The first-order valence-corrected chi connectivity index (χ1v) is 6.63. The van der Waals surface area contributed by atoms with Crippen molar-refractivity contribution >= 4 is 11.9 Å². The van der Waals surface area contributed by atoms with Gasteiger partial charge in [-0.1, -0.05) is 0 Å². The third kappa shape index (κ3) is 11.3. The van der Waals surface area contributed by atoms with Crippen LogP contribution in [0, 0.1) is 5.92 Å². The lowest BCUT2D eigenvalue weighted by molar-refractivity contribution is -0.143. The van der Waals surface area contributed by atoms with Crippen LogP contribution in [0.4, 0.5) is 0 Å². The molecule has 5 nitrogen and oxygen atoms in total. The molecule has 0 saturated carbocycles. The molecule has 5 heteroatoms. The number of carbonyl (C=O) groups is 2. The second-order valence-electron chi connectivity index (χ2n) is 4.88. The zero-order valence-electron chi connectivity index (χ0n) is 11.7. The Hall–Kier alpha value is -1.52. The summed E-state index contributed by atoms with van der Waals surface area (Å²) in [5.74, 6) is -2.15. The number of hydrogen-bond acceptors (Lipinski definition) is 3. The topological polar surface area (TPSA) is 83.8 Å². The van der Waals surface area contributed by atoms with Crippen LogP contribution in [0.2, 0.25) is 0 Å². The van der Waals surface area contributed by atoms with Gasteiger partial charge in [0.2, 0.25) is 0 Å². The molecule has 0 fully saturated rings. The number of allylic oxidation sites excluding steroid dienone is 1. The molecule has 0 aliphatic carbocycles. The SMILES string of the molecule is CC(C)=COCCCCC(CCCC(=O)O)C(=O)O. The molecule has 2 N–H and O–H groups in total. The quantitative estimate of drug-likeness (QED) is 0.446. The summed E-state index contributed by atoms with van der Waals surface area (Å²) in [6.07, 6.45) is 4.74. The van der Waals surface area contributed by atoms with Gasteiger partial charge in [-0.15, -0.1) is 0 Å². The number of unbranched alkanes of at least 4 members (excludes halogenated alkanes) is 1. The molecule has 0 bridgehead atoms.